The zero-order valence-corrected chi connectivity index (χ0v) is 34.3. The van der Waals surface area contributed by atoms with E-state index in [9.17, 15) is 28.7 Å². The first-order valence-electron chi connectivity index (χ1n) is 19.9. The fourth-order valence-electron chi connectivity index (χ4n) is 5.56. The molecule has 1 saturated heterocycles. The summed E-state index contributed by atoms with van der Waals surface area (Å²) in [5, 5.41) is 9.71. The van der Waals surface area contributed by atoms with Crippen LogP contribution >= 0.6 is 15.6 Å². The fraction of sp³-hybridized carbons (Fsp3) is 0.892. The molecule has 1 fully saturated rings. The summed E-state index contributed by atoms with van der Waals surface area (Å²) in [6.07, 6.45) is 22.6. The maximum Gasteiger partial charge on any atom is 0.472 e. The van der Waals surface area contributed by atoms with Gasteiger partial charge in [-0.1, -0.05) is 116 Å². The minimum atomic E-state index is -4.86. The van der Waals surface area contributed by atoms with Gasteiger partial charge in [0, 0.05) is 12.8 Å². The largest absolute Gasteiger partial charge is 0.472 e. The molecule has 1 rings (SSSR count). The molecule has 0 saturated carbocycles. The van der Waals surface area contributed by atoms with Crippen molar-refractivity contribution >= 4 is 27.6 Å². The van der Waals surface area contributed by atoms with Crippen molar-refractivity contribution in [1.82, 2.24) is 0 Å². The Bertz CT molecular complexity index is 1080. The van der Waals surface area contributed by atoms with Crippen molar-refractivity contribution in [2.75, 3.05) is 26.4 Å². The molecule has 1 heterocycles. The summed E-state index contributed by atoms with van der Waals surface area (Å²) >= 11 is 0. The van der Waals surface area contributed by atoms with E-state index < -0.39 is 66.2 Å². The van der Waals surface area contributed by atoms with Crippen LogP contribution in [-0.2, 0) is 46.5 Å². The smallest absolute Gasteiger partial charge is 0.462 e. The highest BCUT2D eigenvalue weighted by Crippen LogP contribution is 2.44. The van der Waals surface area contributed by atoms with Crippen LogP contribution in [0.3, 0.4) is 0 Å². The molecule has 1 aliphatic heterocycles. The Kier molecular flexibility index (Phi) is 28.2. The van der Waals surface area contributed by atoms with Crippen LogP contribution in [0.1, 0.15) is 156 Å². The molecule has 6 atom stereocenters. The lowest BCUT2D eigenvalue weighted by molar-refractivity contribution is -0.161. The standard InChI is InChI=1S/C37H70O14P2/c1-4-6-17-23-34-35(51-34)24-19-14-9-7-8-10-15-20-25-36(39)46-29-33(30-49-53(44,45)48-28-32(38)27-47-52(41,42)43)50-37(40)26-21-16-12-11-13-18-22-31(3)5-2/h14,19,31-35,38H,4-13,15-18,20-30H2,1-3H3,(H,44,45)(H2,41,42,43)/b19-14-/t31?,32-,33+,34?,35?/m0/s1. The van der Waals surface area contributed by atoms with Gasteiger partial charge in [0.1, 0.15) is 12.7 Å². The first-order chi connectivity index (χ1) is 25.2. The molecule has 0 radical (unpaired) electrons. The van der Waals surface area contributed by atoms with E-state index in [-0.39, 0.29) is 12.8 Å². The molecule has 53 heavy (non-hydrogen) atoms. The van der Waals surface area contributed by atoms with Crippen molar-refractivity contribution in [3.05, 3.63) is 12.2 Å². The number of carbonyl (C=O) groups excluding carboxylic acids is 2. The monoisotopic (exact) mass is 800 g/mol. The maximum absolute atomic E-state index is 12.6. The lowest BCUT2D eigenvalue weighted by Gasteiger charge is -2.20. The number of phosphoric ester groups is 2. The molecule has 0 aromatic heterocycles. The van der Waals surface area contributed by atoms with E-state index in [1.165, 1.54) is 44.9 Å². The molecular formula is C37H70O14P2. The molecule has 0 bridgehead atoms. The van der Waals surface area contributed by atoms with Crippen molar-refractivity contribution in [3.8, 4) is 0 Å². The molecule has 4 N–H and O–H groups in total. The lowest BCUT2D eigenvalue weighted by atomic mass is 10.00. The number of esters is 2. The number of phosphoric acid groups is 2. The zero-order valence-electron chi connectivity index (χ0n) is 32.5. The summed E-state index contributed by atoms with van der Waals surface area (Å²) in [6.45, 7) is 3.94. The van der Waals surface area contributed by atoms with Gasteiger partial charge in [0.15, 0.2) is 6.10 Å². The van der Waals surface area contributed by atoms with Gasteiger partial charge in [0.05, 0.1) is 32.0 Å². The van der Waals surface area contributed by atoms with Crippen molar-refractivity contribution in [2.45, 2.75) is 180 Å². The van der Waals surface area contributed by atoms with Gasteiger partial charge in [-0.15, -0.1) is 0 Å². The van der Waals surface area contributed by atoms with Gasteiger partial charge in [-0.25, -0.2) is 9.13 Å². The fourth-order valence-corrected chi connectivity index (χ4v) is 6.72. The van der Waals surface area contributed by atoms with Crippen LogP contribution in [-0.4, -0.2) is 82.6 Å². The quantitative estimate of drug-likeness (QED) is 0.0155. The van der Waals surface area contributed by atoms with Crippen LogP contribution in [0.4, 0.5) is 0 Å². The number of ether oxygens (including phenoxy) is 3. The lowest BCUT2D eigenvalue weighted by Crippen LogP contribution is -2.30. The molecule has 14 nitrogen and oxygen atoms in total. The van der Waals surface area contributed by atoms with Crippen LogP contribution in [0.2, 0.25) is 0 Å². The number of allylic oxidation sites excluding steroid dienone is 1. The second kappa shape index (κ2) is 30.0. The number of carbonyl (C=O) groups is 2. The van der Waals surface area contributed by atoms with Gasteiger partial charge < -0.3 is 34.0 Å². The highest BCUT2D eigenvalue weighted by Gasteiger charge is 2.36. The van der Waals surface area contributed by atoms with Crippen LogP contribution in [0, 0.1) is 5.92 Å². The van der Waals surface area contributed by atoms with Gasteiger partial charge in [-0.2, -0.15) is 0 Å². The molecule has 312 valence electrons. The Morgan fingerprint density at radius 3 is 1.98 bits per heavy atom. The summed E-state index contributed by atoms with van der Waals surface area (Å²) in [6, 6.07) is 0. The number of rotatable bonds is 36. The average Bonchev–Trinajstić information content (AvgIpc) is 3.86. The predicted octanol–water partition coefficient (Wildman–Crippen LogP) is 8.24. The van der Waals surface area contributed by atoms with Crippen molar-refractivity contribution in [3.63, 3.8) is 0 Å². The topological polar surface area (TPSA) is 208 Å². The van der Waals surface area contributed by atoms with Gasteiger partial charge in [-0.3, -0.25) is 23.2 Å². The molecule has 16 heteroatoms. The SMILES string of the molecule is CCCCCC1OC1C/C=C\CCCCCCCC(=O)OC[C@H](COP(=O)(O)OC[C@@H](O)COP(=O)(O)O)OC(=O)CCCCCCCCC(C)CC. The van der Waals surface area contributed by atoms with Crippen LogP contribution in [0.15, 0.2) is 12.2 Å². The normalized spacial score (nSPS) is 18.8. The second-order valence-corrected chi connectivity index (χ2v) is 16.9. The molecule has 0 aromatic carbocycles. The number of hydrogen-bond donors (Lipinski definition) is 4. The Hall–Kier alpha value is -1.18. The van der Waals surface area contributed by atoms with Crippen molar-refractivity contribution < 1.29 is 66.3 Å². The third kappa shape index (κ3) is 30.7. The van der Waals surface area contributed by atoms with Crippen LogP contribution in [0.5, 0.6) is 0 Å². The summed E-state index contributed by atoms with van der Waals surface area (Å²) in [5.41, 5.74) is 0. The van der Waals surface area contributed by atoms with E-state index in [0.717, 1.165) is 70.1 Å². The highest BCUT2D eigenvalue weighted by molar-refractivity contribution is 7.47. The Balaban J connectivity index is 2.37. The van der Waals surface area contributed by atoms with Crippen molar-refractivity contribution in [2.24, 2.45) is 5.92 Å². The summed E-state index contributed by atoms with van der Waals surface area (Å²) in [7, 11) is -9.66. The van der Waals surface area contributed by atoms with E-state index in [1.54, 1.807) is 0 Å². The molecule has 0 aliphatic carbocycles. The zero-order chi connectivity index (χ0) is 39.4. The minimum absolute atomic E-state index is 0.126. The average molecular weight is 801 g/mol. The Morgan fingerprint density at radius 1 is 0.717 bits per heavy atom. The third-order valence-electron chi connectivity index (χ3n) is 9.11. The Labute approximate surface area is 317 Å². The van der Waals surface area contributed by atoms with Crippen molar-refractivity contribution in [1.29, 1.82) is 0 Å². The highest BCUT2D eigenvalue weighted by atomic mass is 31.2. The minimum Gasteiger partial charge on any atom is -0.462 e. The van der Waals surface area contributed by atoms with E-state index in [0.29, 0.717) is 25.0 Å². The number of unbranched alkanes of at least 4 members (excludes halogenated alkanes) is 12. The summed E-state index contributed by atoms with van der Waals surface area (Å²) in [5.74, 6) is -0.315. The van der Waals surface area contributed by atoms with Crippen LogP contribution < -0.4 is 0 Å². The van der Waals surface area contributed by atoms with Gasteiger partial charge in [0.25, 0.3) is 0 Å². The first kappa shape index (κ1) is 49.8. The molecule has 4 unspecified atom stereocenters. The predicted molar refractivity (Wildman–Crippen MR) is 202 cm³/mol. The molecule has 0 spiro atoms. The van der Waals surface area contributed by atoms with Gasteiger partial charge in [-0.05, 0) is 44.4 Å². The molecule has 0 amide bonds. The second-order valence-electron chi connectivity index (χ2n) is 14.2. The van der Waals surface area contributed by atoms with Crippen LogP contribution in [0.25, 0.3) is 0 Å². The van der Waals surface area contributed by atoms with E-state index in [2.05, 4.69) is 42.0 Å². The number of aliphatic hydroxyl groups is 1. The van der Waals surface area contributed by atoms with E-state index >= 15 is 0 Å². The summed E-state index contributed by atoms with van der Waals surface area (Å²) in [4.78, 5) is 52.5. The molecule has 1 aliphatic rings. The van der Waals surface area contributed by atoms with Gasteiger partial charge in [0.2, 0.25) is 0 Å². The maximum atomic E-state index is 12.6. The number of epoxide rings is 1. The Morgan fingerprint density at radius 2 is 1.32 bits per heavy atom. The number of hydrogen-bond acceptors (Lipinski definition) is 11. The third-order valence-corrected chi connectivity index (χ3v) is 10.5. The molecule has 0 aromatic rings. The molecular weight excluding hydrogens is 730 g/mol. The summed E-state index contributed by atoms with van der Waals surface area (Å²) < 4.78 is 53.3. The van der Waals surface area contributed by atoms with Gasteiger partial charge >= 0.3 is 27.6 Å². The first-order valence-corrected chi connectivity index (χ1v) is 22.9. The van der Waals surface area contributed by atoms with E-state index in [1.807, 2.05) is 0 Å². The number of aliphatic hydroxyl groups excluding tert-OH is 1. The van der Waals surface area contributed by atoms with E-state index in [4.69, 9.17) is 28.5 Å².